The van der Waals surface area contributed by atoms with E-state index in [0.717, 1.165) is 25.2 Å². The molecule has 0 spiro atoms. The Bertz CT molecular complexity index is 411. The lowest BCUT2D eigenvalue weighted by molar-refractivity contribution is 0.213. The Kier molecular flexibility index (Phi) is 42.9. The summed E-state index contributed by atoms with van der Waals surface area (Å²) in [6, 6.07) is 0. The van der Waals surface area contributed by atoms with Gasteiger partial charge >= 0.3 is 0 Å². The summed E-state index contributed by atoms with van der Waals surface area (Å²) >= 11 is 0. The molecule has 1 nitrogen and oxygen atoms in total. The first-order valence-electron chi connectivity index (χ1n) is 13.3. The van der Waals surface area contributed by atoms with Gasteiger partial charge in [-0.1, -0.05) is 119 Å². The molecule has 0 atom stereocenters. The SMILES string of the molecule is C#C.C/C=C(\C=C/CC)C(OCCC)=C1CCC1.CC.CC.CCCCCCCCC. The molecule has 0 heterocycles. The number of hydrogen-bond acceptors (Lipinski definition) is 1. The van der Waals surface area contributed by atoms with Gasteiger partial charge in [0.2, 0.25) is 0 Å². The number of rotatable bonds is 12. The topological polar surface area (TPSA) is 9.23 Å². The molecule has 0 aromatic carbocycles. The lowest BCUT2D eigenvalue weighted by Crippen LogP contribution is -2.07. The summed E-state index contributed by atoms with van der Waals surface area (Å²) in [4.78, 5) is 0. The predicted octanol–water partition coefficient (Wildman–Crippen LogP) is 10.8. The fourth-order valence-electron chi connectivity index (χ4n) is 2.75. The van der Waals surface area contributed by atoms with E-state index < -0.39 is 0 Å². The molecule has 0 amide bonds. The maximum atomic E-state index is 5.91. The predicted molar refractivity (Wildman–Crippen MR) is 147 cm³/mol. The molecule has 0 radical (unpaired) electrons. The van der Waals surface area contributed by atoms with Crippen LogP contribution in [-0.4, -0.2) is 6.61 Å². The number of terminal acetylenes is 1. The Morgan fingerprint density at radius 2 is 1.29 bits per heavy atom. The summed E-state index contributed by atoms with van der Waals surface area (Å²) in [5.74, 6) is 1.15. The van der Waals surface area contributed by atoms with E-state index in [1.54, 1.807) is 0 Å². The van der Waals surface area contributed by atoms with E-state index in [0.29, 0.717) is 0 Å². The van der Waals surface area contributed by atoms with E-state index in [2.05, 4.69) is 65.7 Å². The molecule has 1 aliphatic carbocycles. The lowest BCUT2D eigenvalue weighted by atomic mass is 9.89. The first-order chi connectivity index (χ1) is 15.2. The normalized spacial score (nSPS) is 11.8. The Labute approximate surface area is 198 Å². The van der Waals surface area contributed by atoms with Crippen LogP contribution in [-0.2, 0) is 4.74 Å². The zero-order chi connectivity index (χ0) is 24.8. The molecule has 0 bridgehead atoms. The van der Waals surface area contributed by atoms with Crippen LogP contribution in [0.1, 0.15) is 139 Å². The minimum Gasteiger partial charge on any atom is -0.493 e. The number of unbranched alkanes of at least 4 members (excludes halogenated alkanes) is 6. The van der Waals surface area contributed by atoms with Gasteiger partial charge in [0, 0.05) is 5.57 Å². The Morgan fingerprint density at radius 1 is 0.806 bits per heavy atom. The average molecular weight is 435 g/mol. The van der Waals surface area contributed by atoms with Crippen LogP contribution in [0.15, 0.2) is 35.1 Å². The summed E-state index contributed by atoms with van der Waals surface area (Å²) in [7, 11) is 0. The monoisotopic (exact) mass is 434 g/mol. The van der Waals surface area contributed by atoms with Crippen LogP contribution < -0.4 is 0 Å². The second kappa shape index (κ2) is 36.0. The van der Waals surface area contributed by atoms with Gasteiger partial charge in [-0.15, -0.1) is 12.8 Å². The third kappa shape index (κ3) is 24.7. The molecule has 0 saturated heterocycles. The van der Waals surface area contributed by atoms with Crippen molar-refractivity contribution in [1.29, 1.82) is 0 Å². The molecular weight excluding hydrogens is 376 g/mol. The molecule has 0 unspecified atom stereocenters. The zero-order valence-corrected chi connectivity index (χ0v) is 23.0. The van der Waals surface area contributed by atoms with Crippen molar-refractivity contribution in [2.45, 2.75) is 139 Å². The van der Waals surface area contributed by atoms with Gasteiger partial charge in [-0.3, -0.25) is 0 Å². The number of ether oxygens (including phenoxy) is 1. The summed E-state index contributed by atoms with van der Waals surface area (Å²) in [5.41, 5.74) is 2.76. The van der Waals surface area contributed by atoms with Crippen molar-refractivity contribution in [1.82, 2.24) is 0 Å². The van der Waals surface area contributed by atoms with Crippen molar-refractivity contribution in [3.63, 3.8) is 0 Å². The molecular formula is C30H58O. The fourth-order valence-corrected chi connectivity index (χ4v) is 2.75. The second-order valence-corrected chi connectivity index (χ2v) is 6.96. The van der Waals surface area contributed by atoms with E-state index in [9.17, 15) is 0 Å². The van der Waals surface area contributed by atoms with Gasteiger partial charge in [0.05, 0.1) is 6.61 Å². The molecule has 1 rings (SSSR count). The molecule has 0 aromatic heterocycles. The minimum absolute atomic E-state index is 0.830. The van der Waals surface area contributed by atoms with Gasteiger partial charge in [0.25, 0.3) is 0 Å². The summed E-state index contributed by atoms with van der Waals surface area (Å²) in [5, 5.41) is 0. The summed E-state index contributed by atoms with van der Waals surface area (Å²) < 4.78 is 5.91. The highest BCUT2D eigenvalue weighted by atomic mass is 16.5. The van der Waals surface area contributed by atoms with Gasteiger partial charge in [0.15, 0.2) is 0 Å². The van der Waals surface area contributed by atoms with Crippen molar-refractivity contribution in [3.8, 4) is 12.8 Å². The zero-order valence-electron chi connectivity index (χ0n) is 23.0. The fraction of sp³-hybridized carbons (Fsp3) is 0.733. The molecule has 0 aromatic rings. The van der Waals surface area contributed by atoms with E-state index in [4.69, 9.17) is 4.74 Å². The summed E-state index contributed by atoms with van der Waals surface area (Å²) in [6.45, 7) is 19.8. The Hall–Kier alpha value is -1.42. The van der Waals surface area contributed by atoms with Gasteiger partial charge in [-0.05, 0) is 44.6 Å². The maximum absolute atomic E-state index is 5.91. The van der Waals surface area contributed by atoms with Crippen molar-refractivity contribution >= 4 is 0 Å². The average Bonchev–Trinajstić information content (AvgIpc) is 2.81. The lowest BCUT2D eigenvalue weighted by Gasteiger charge is -2.23. The van der Waals surface area contributed by atoms with Gasteiger partial charge in [-0.2, -0.15) is 0 Å². The highest BCUT2D eigenvalue weighted by Crippen LogP contribution is 2.33. The van der Waals surface area contributed by atoms with Crippen LogP contribution in [0.25, 0.3) is 0 Å². The quantitative estimate of drug-likeness (QED) is 0.128. The van der Waals surface area contributed by atoms with Gasteiger partial charge < -0.3 is 4.74 Å². The Morgan fingerprint density at radius 3 is 1.61 bits per heavy atom. The molecule has 0 N–H and O–H groups in total. The number of hydrogen-bond donors (Lipinski definition) is 0. The second-order valence-electron chi connectivity index (χ2n) is 6.96. The van der Waals surface area contributed by atoms with Crippen molar-refractivity contribution in [2.24, 2.45) is 0 Å². The standard InChI is InChI=1S/C15H24O.C9H20.2C2H6.C2H2/c1-4-7-9-13(6-3)15(16-12-5-2)14-10-8-11-14;1-3-5-7-9-8-6-4-2;3*1-2/h6-7,9H,4-5,8,10-12H2,1-3H3;3-9H2,1-2H3;2*1-2H3;1-2H/b9-7-,13-6+;;;;. The molecule has 31 heavy (non-hydrogen) atoms. The molecule has 0 aliphatic heterocycles. The van der Waals surface area contributed by atoms with Crippen molar-refractivity contribution in [3.05, 3.63) is 35.1 Å². The largest absolute Gasteiger partial charge is 0.493 e. The van der Waals surface area contributed by atoms with E-state index in [1.807, 2.05) is 27.7 Å². The van der Waals surface area contributed by atoms with Crippen LogP contribution in [0.3, 0.4) is 0 Å². The number of allylic oxidation sites excluding steroid dienone is 4. The molecule has 1 fully saturated rings. The van der Waals surface area contributed by atoms with Crippen LogP contribution >= 0.6 is 0 Å². The third-order valence-corrected chi connectivity index (χ3v) is 4.54. The maximum Gasteiger partial charge on any atom is 0.125 e. The minimum atomic E-state index is 0.830. The third-order valence-electron chi connectivity index (χ3n) is 4.54. The van der Waals surface area contributed by atoms with Crippen LogP contribution in [0.2, 0.25) is 0 Å². The molecule has 1 heteroatoms. The van der Waals surface area contributed by atoms with E-state index in [-0.39, 0.29) is 0 Å². The first-order valence-corrected chi connectivity index (χ1v) is 13.3. The highest BCUT2D eigenvalue weighted by molar-refractivity contribution is 5.40. The van der Waals surface area contributed by atoms with E-state index >= 15 is 0 Å². The van der Waals surface area contributed by atoms with Gasteiger partial charge in [-0.25, -0.2) is 0 Å². The molecule has 1 aliphatic rings. The van der Waals surface area contributed by atoms with Crippen molar-refractivity contribution in [2.75, 3.05) is 6.61 Å². The highest BCUT2D eigenvalue weighted by Gasteiger charge is 2.17. The summed E-state index contributed by atoms with van der Waals surface area (Å²) in [6.07, 6.45) is 30.4. The smallest absolute Gasteiger partial charge is 0.125 e. The Balaban J connectivity index is -0.000000207. The van der Waals surface area contributed by atoms with Crippen molar-refractivity contribution < 1.29 is 4.74 Å². The van der Waals surface area contributed by atoms with E-state index in [1.165, 1.54) is 75.4 Å². The molecule has 1 saturated carbocycles. The van der Waals surface area contributed by atoms with Crippen LogP contribution in [0.5, 0.6) is 0 Å². The van der Waals surface area contributed by atoms with Gasteiger partial charge in [0.1, 0.15) is 5.76 Å². The molecule has 184 valence electrons. The van der Waals surface area contributed by atoms with Crippen LogP contribution in [0, 0.1) is 12.8 Å². The first kappa shape index (κ1) is 36.9. The van der Waals surface area contributed by atoms with Crippen LogP contribution in [0.4, 0.5) is 0 Å².